The number of rotatable bonds is 7. The number of nitrogens with two attached hydrogens (primary N) is 1. The van der Waals surface area contributed by atoms with Gasteiger partial charge in [0.15, 0.2) is 5.82 Å². The van der Waals surface area contributed by atoms with Gasteiger partial charge >= 0.3 is 0 Å². The van der Waals surface area contributed by atoms with Crippen molar-refractivity contribution in [2.75, 3.05) is 5.32 Å². The number of hydrogen-bond acceptors (Lipinski definition) is 5. The van der Waals surface area contributed by atoms with E-state index in [4.69, 9.17) is 10.5 Å². The lowest BCUT2D eigenvalue weighted by Crippen LogP contribution is -2.12. The van der Waals surface area contributed by atoms with Crippen molar-refractivity contribution in [1.29, 1.82) is 0 Å². The maximum absolute atomic E-state index is 12.5. The zero-order valence-electron chi connectivity index (χ0n) is 16.4. The van der Waals surface area contributed by atoms with Crippen LogP contribution in [0.5, 0.6) is 11.5 Å². The summed E-state index contributed by atoms with van der Waals surface area (Å²) in [4.78, 5) is 27.7. The average Bonchev–Trinajstić information content (AvgIpc) is 3.22. The molecule has 0 saturated carbocycles. The van der Waals surface area contributed by atoms with Crippen LogP contribution in [0.3, 0.4) is 0 Å². The Balaban J connectivity index is 1.35. The standard InChI is InChI=1S/C23H19N5O3/c24-22(29)17-3-7-19(8-4-17)31-20-9-5-18(6-10-20)23(30)26-21-11-13-28(27-21)15-16-2-1-12-25-14-16/h1-14H,15H2,(H2,24,29)(H,26,27,30). The van der Waals surface area contributed by atoms with E-state index in [2.05, 4.69) is 15.4 Å². The number of nitrogens with zero attached hydrogens (tertiary/aromatic N) is 3. The molecule has 31 heavy (non-hydrogen) atoms. The first-order chi connectivity index (χ1) is 15.1. The highest BCUT2D eigenvalue weighted by atomic mass is 16.5. The van der Waals surface area contributed by atoms with E-state index in [9.17, 15) is 9.59 Å². The number of hydrogen-bond donors (Lipinski definition) is 2. The monoisotopic (exact) mass is 413 g/mol. The van der Waals surface area contributed by atoms with Crippen LogP contribution in [0.15, 0.2) is 85.3 Å². The van der Waals surface area contributed by atoms with Crippen LogP contribution >= 0.6 is 0 Å². The van der Waals surface area contributed by atoms with Gasteiger partial charge in [0.1, 0.15) is 11.5 Å². The number of nitrogens with one attached hydrogen (secondary N) is 1. The van der Waals surface area contributed by atoms with Gasteiger partial charge in [-0.25, -0.2) is 0 Å². The van der Waals surface area contributed by atoms with Crippen LogP contribution < -0.4 is 15.8 Å². The van der Waals surface area contributed by atoms with Crippen LogP contribution in [-0.4, -0.2) is 26.6 Å². The second kappa shape index (κ2) is 8.91. The summed E-state index contributed by atoms with van der Waals surface area (Å²) in [6.07, 6.45) is 5.28. The molecular formula is C23H19N5O3. The summed E-state index contributed by atoms with van der Waals surface area (Å²) in [6.45, 7) is 0.566. The molecule has 0 unspecified atom stereocenters. The lowest BCUT2D eigenvalue weighted by molar-refractivity contribution is 0.0997. The Morgan fingerprint density at radius 1 is 0.935 bits per heavy atom. The minimum atomic E-state index is -0.496. The summed E-state index contributed by atoms with van der Waals surface area (Å²) >= 11 is 0. The Hall–Kier alpha value is -4.46. The van der Waals surface area contributed by atoms with Crippen molar-refractivity contribution in [3.8, 4) is 11.5 Å². The van der Waals surface area contributed by atoms with Gasteiger partial charge in [0.2, 0.25) is 5.91 Å². The van der Waals surface area contributed by atoms with E-state index in [0.717, 1.165) is 5.56 Å². The Morgan fingerprint density at radius 3 is 2.23 bits per heavy atom. The molecule has 4 aromatic rings. The topological polar surface area (TPSA) is 112 Å². The highest BCUT2D eigenvalue weighted by molar-refractivity contribution is 6.03. The van der Waals surface area contributed by atoms with Crippen LogP contribution in [0.25, 0.3) is 0 Å². The van der Waals surface area contributed by atoms with E-state index in [1.807, 2.05) is 12.1 Å². The van der Waals surface area contributed by atoms with Gasteiger partial charge in [-0.15, -0.1) is 0 Å². The number of ether oxygens (including phenoxy) is 1. The number of carbonyl (C=O) groups excluding carboxylic acids is 2. The SMILES string of the molecule is NC(=O)c1ccc(Oc2ccc(C(=O)Nc3ccn(Cc4cccnc4)n3)cc2)cc1. The fourth-order valence-corrected chi connectivity index (χ4v) is 2.88. The third-order valence-electron chi connectivity index (χ3n) is 4.44. The third kappa shape index (κ3) is 5.13. The molecule has 2 amide bonds. The number of pyridine rings is 1. The number of anilines is 1. The van der Waals surface area contributed by atoms with Crippen molar-refractivity contribution in [2.24, 2.45) is 5.73 Å². The molecule has 2 aromatic carbocycles. The molecule has 0 radical (unpaired) electrons. The number of aromatic nitrogens is 3. The molecule has 0 spiro atoms. The number of amides is 2. The van der Waals surface area contributed by atoms with Gasteiger partial charge in [0.25, 0.3) is 5.91 Å². The molecule has 3 N–H and O–H groups in total. The second-order valence-corrected chi connectivity index (χ2v) is 6.73. The van der Waals surface area contributed by atoms with Gasteiger partial charge in [-0.1, -0.05) is 6.07 Å². The molecular weight excluding hydrogens is 394 g/mol. The van der Waals surface area contributed by atoms with Crippen LogP contribution in [0.2, 0.25) is 0 Å². The van der Waals surface area contributed by atoms with E-state index >= 15 is 0 Å². The first-order valence-electron chi connectivity index (χ1n) is 9.48. The predicted octanol–water partition coefficient (Wildman–Crippen LogP) is 3.47. The normalized spacial score (nSPS) is 10.5. The third-order valence-corrected chi connectivity index (χ3v) is 4.44. The lowest BCUT2D eigenvalue weighted by atomic mass is 10.2. The van der Waals surface area contributed by atoms with Gasteiger partial charge in [-0.05, 0) is 60.2 Å². The summed E-state index contributed by atoms with van der Waals surface area (Å²) in [7, 11) is 0. The van der Waals surface area contributed by atoms with Gasteiger partial charge in [0, 0.05) is 35.8 Å². The van der Waals surface area contributed by atoms with Crippen molar-refractivity contribution in [3.63, 3.8) is 0 Å². The van der Waals surface area contributed by atoms with Crippen molar-refractivity contribution >= 4 is 17.6 Å². The van der Waals surface area contributed by atoms with E-state index in [1.165, 1.54) is 0 Å². The number of primary amides is 1. The minimum absolute atomic E-state index is 0.274. The molecule has 8 heteroatoms. The fraction of sp³-hybridized carbons (Fsp3) is 0.0435. The number of carbonyl (C=O) groups is 2. The van der Waals surface area contributed by atoms with Crippen molar-refractivity contribution in [1.82, 2.24) is 14.8 Å². The molecule has 0 bridgehead atoms. The predicted molar refractivity (Wildman–Crippen MR) is 115 cm³/mol. The van der Waals surface area contributed by atoms with E-state index in [0.29, 0.717) is 35.0 Å². The Bertz CT molecular complexity index is 1190. The van der Waals surface area contributed by atoms with Crippen molar-refractivity contribution in [2.45, 2.75) is 6.54 Å². The molecule has 2 aromatic heterocycles. The quantitative estimate of drug-likeness (QED) is 0.482. The maximum atomic E-state index is 12.5. The van der Waals surface area contributed by atoms with Gasteiger partial charge < -0.3 is 15.8 Å². The molecule has 154 valence electrons. The minimum Gasteiger partial charge on any atom is -0.457 e. The van der Waals surface area contributed by atoms with Crippen molar-refractivity contribution in [3.05, 3.63) is 102 Å². The fourth-order valence-electron chi connectivity index (χ4n) is 2.88. The van der Waals surface area contributed by atoms with E-state index < -0.39 is 5.91 Å². The highest BCUT2D eigenvalue weighted by Gasteiger charge is 2.09. The first-order valence-corrected chi connectivity index (χ1v) is 9.48. The van der Waals surface area contributed by atoms with Crippen LogP contribution in [-0.2, 0) is 6.54 Å². The summed E-state index contributed by atoms with van der Waals surface area (Å²) in [5.74, 6) is 0.807. The smallest absolute Gasteiger partial charge is 0.256 e. The molecule has 0 aliphatic rings. The molecule has 4 rings (SSSR count). The first kappa shape index (κ1) is 19.8. The summed E-state index contributed by atoms with van der Waals surface area (Å²) in [5.41, 5.74) is 7.12. The Kier molecular flexibility index (Phi) is 5.70. The Morgan fingerprint density at radius 2 is 1.61 bits per heavy atom. The molecule has 0 atom stereocenters. The molecule has 0 aliphatic carbocycles. The van der Waals surface area contributed by atoms with E-state index in [1.54, 1.807) is 77.9 Å². The maximum Gasteiger partial charge on any atom is 0.256 e. The molecule has 8 nitrogen and oxygen atoms in total. The van der Waals surface area contributed by atoms with Crippen molar-refractivity contribution < 1.29 is 14.3 Å². The zero-order chi connectivity index (χ0) is 21.6. The number of benzene rings is 2. The van der Waals surface area contributed by atoms with Crippen LogP contribution in [0, 0.1) is 0 Å². The molecule has 2 heterocycles. The van der Waals surface area contributed by atoms with Crippen LogP contribution in [0.4, 0.5) is 5.82 Å². The van der Waals surface area contributed by atoms with Gasteiger partial charge in [0.05, 0.1) is 6.54 Å². The van der Waals surface area contributed by atoms with E-state index in [-0.39, 0.29) is 5.91 Å². The van der Waals surface area contributed by atoms with Gasteiger partial charge in [-0.2, -0.15) is 5.10 Å². The zero-order valence-corrected chi connectivity index (χ0v) is 16.4. The second-order valence-electron chi connectivity index (χ2n) is 6.73. The lowest BCUT2D eigenvalue weighted by Gasteiger charge is -2.07. The molecule has 0 fully saturated rings. The summed E-state index contributed by atoms with van der Waals surface area (Å²) in [6, 6.07) is 18.8. The van der Waals surface area contributed by atoms with Gasteiger partial charge in [-0.3, -0.25) is 19.3 Å². The molecule has 0 aliphatic heterocycles. The largest absolute Gasteiger partial charge is 0.457 e. The highest BCUT2D eigenvalue weighted by Crippen LogP contribution is 2.22. The summed E-state index contributed by atoms with van der Waals surface area (Å²) < 4.78 is 7.45. The summed E-state index contributed by atoms with van der Waals surface area (Å²) in [5, 5.41) is 7.14. The van der Waals surface area contributed by atoms with Crippen LogP contribution in [0.1, 0.15) is 26.3 Å². The average molecular weight is 413 g/mol. The molecule has 0 saturated heterocycles. The Labute approximate surface area is 178 Å².